The van der Waals surface area contributed by atoms with E-state index in [0.717, 1.165) is 11.7 Å². The van der Waals surface area contributed by atoms with Crippen molar-refractivity contribution in [1.82, 2.24) is 14.1 Å². The van der Waals surface area contributed by atoms with Gasteiger partial charge in [0.05, 0.1) is 29.0 Å². The van der Waals surface area contributed by atoms with Gasteiger partial charge in [-0.05, 0) is 12.1 Å². The topological polar surface area (TPSA) is 75.2 Å². The first-order valence-electron chi connectivity index (χ1n) is 5.64. The van der Waals surface area contributed by atoms with Crippen molar-refractivity contribution >= 4 is 51.9 Å². The zero-order valence-corrected chi connectivity index (χ0v) is 11.3. The van der Waals surface area contributed by atoms with E-state index in [1.54, 1.807) is 12.1 Å². The van der Waals surface area contributed by atoms with Crippen molar-refractivity contribution in [2.75, 3.05) is 18.0 Å². The van der Waals surface area contributed by atoms with Gasteiger partial charge in [0, 0.05) is 13.0 Å². The van der Waals surface area contributed by atoms with Crippen LogP contribution in [0.5, 0.6) is 0 Å². The second-order valence-electron chi connectivity index (χ2n) is 4.10. The lowest BCUT2D eigenvalue weighted by molar-refractivity contribution is -0.123. The van der Waals surface area contributed by atoms with Gasteiger partial charge in [0.2, 0.25) is 11.8 Å². The monoisotopic (exact) mass is 296 g/mol. The van der Waals surface area contributed by atoms with E-state index >= 15 is 0 Å². The third-order valence-corrected chi connectivity index (χ3v) is 3.77. The van der Waals surface area contributed by atoms with Gasteiger partial charge in [-0.3, -0.25) is 9.59 Å². The number of hydrogen-bond donors (Lipinski definition) is 1. The van der Waals surface area contributed by atoms with Crippen LogP contribution in [0.1, 0.15) is 6.42 Å². The van der Waals surface area contributed by atoms with Gasteiger partial charge in [-0.25, -0.2) is 0 Å². The van der Waals surface area contributed by atoms with E-state index in [9.17, 15) is 9.59 Å². The summed E-state index contributed by atoms with van der Waals surface area (Å²) >= 11 is 7.25. The predicted molar refractivity (Wildman–Crippen MR) is 72.4 cm³/mol. The number of anilines is 1. The number of halogens is 1. The maximum absolute atomic E-state index is 12.1. The minimum Gasteiger partial charge on any atom is -0.347 e. The van der Waals surface area contributed by atoms with Crippen LogP contribution in [-0.4, -0.2) is 33.7 Å². The highest BCUT2D eigenvalue weighted by Gasteiger charge is 2.25. The average molecular weight is 297 g/mol. The first-order valence-corrected chi connectivity index (χ1v) is 6.75. The number of fused-ring (bicyclic) bond motifs is 1. The maximum atomic E-state index is 12.1. The third kappa shape index (κ3) is 2.15. The zero-order chi connectivity index (χ0) is 13.4. The van der Waals surface area contributed by atoms with Gasteiger partial charge in [-0.1, -0.05) is 11.6 Å². The van der Waals surface area contributed by atoms with Gasteiger partial charge in [0.25, 0.3) is 0 Å². The Bertz CT molecular complexity index is 672. The van der Waals surface area contributed by atoms with E-state index in [-0.39, 0.29) is 24.8 Å². The smallest absolute Gasteiger partial charge is 0.246 e. The number of nitrogens with one attached hydrogen (secondary N) is 1. The van der Waals surface area contributed by atoms with E-state index < -0.39 is 0 Å². The Hall–Kier alpha value is -1.73. The van der Waals surface area contributed by atoms with Gasteiger partial charge in [0.1, 0.15) is 11.0 Å². The third-order valence-electron chi connectivity index (χ3n) is 2.92. The van der Waals surface area contributed by atoms with Crippen molar-refractivity contribution < 1.29 is 9.59 Å². The number of rotatable bonds is 1. The van der Waals surface area contributed by atoms with Crippen molar-refractivity contribution in [3.63, 3.8) is 0 Å². The van der Waals surface area contributed by atoms with Crippen molar-refractivity contribution in [2.45, 2.75) is 6.42 Å². The number of amides is 2. The van der Waals surface area contributed by atoms with Crippen LogP contribution in [0.25, 0.3) is 11.0 Å². The highest BCUT2D eigenvalue weighted by atomic mass is 35.5. The van der Waals surface area contributed by atoms with E-state index in [4.69, 9.17) is 11.6 Å². The molecule has 0 aliphatic carbocycles. The van der Waals surface area contributed by atoms with Crippen LogP contribution in [0.3, 0.4) is 0 Å². The van der Waals surface area contributed by atoms with Crippen LogP contribution in [-0.2, 0) is 9.59 Å². The summed E-state index contributed by atoms with van der Waals surface area (Å²) in [5, 5.41) is 2.98. The fraction of sp³-hybridized carbons (Fsp3) is 0.273. The molecule has 0 spiro atoms. The SMILES string of the molecule is O=C1CCN(c2c(Cl)ccc3nsnc23)C(=O)CN1. The summed E-state index contributed by atoms with van der Waals surface area (Å²) in [4.78, 5) is 24.9. The average Bonchev–Trinajstić information content (AvgIpc) is 2.80. The molecule has 1 aromatic carbocycles. The van der Waals surface area contributed by atoms with Crippen LogP contribution < -0.4 is 10.2 Å². The lowest BCUT2D eigenvalue weighted by Gasteiger charge is -2.21. The number of carbonyl (C=O) groups excluding carboxylic acids is 2. The van der Waals surface area contributed by atoms with Gasteiger partial charge in [-0.2, -0.15) is 8.75 Å². The molecule has 2 heterocycles. The molecule has 1 aliphatic heterocycles. The molecule has 6 nitrogen and oxygen atoms in total. The number of benzene rings is 1. The van der Waals surface area contributed by atoms with Crippen molar-refractivity contribution in [3.05, 3.63) is 17.2 Å². The van der Waals surface area contributed by atoms with E-state index in [2.05, 4.69) is 14.1 Å². The molecule has 0 saturated carbocycles. The number of nitrogens with zero attached hydrogens (tertiary/aromatic N) is 3. The zero-order valence-electron chi connectivity index (χ0n) is 9.72. The standard InChI is InChI=1S/C11H9ClN4O2S/c12-6-1-2-7-10(15-19-14-7)11(6)16-4-3-8(17)13-5-9(16)18/h1-2H,3-5H2,(H,13,17). The minimum atomic E-state index is -0.201. The molecule has 3 rings (SSSR count). The van der Waals surface area contributed by atoms with Crippen molar-refractivity contribution in [2.24, 2.45) is 0 Å². The number of aromatic nitrogens is 2. The molecule has 2 amide bonds. The van der Waals surface area contributed by atoms with Crippen molar-refractivity contribution in [3.8, 4) is 0 Å². The van der Waals surface area contributed by atoms with Gasteiger partial charge in [-0.15, -0.1) is 0 Å². The molecular weight excluding hydrogens is 288 g/mol. The normalized spacial score (nSPS) is 16.6. The molecule has 0 unspecified atom stereocenters. The summed E-state index contributed by atoms with van der Waals surface area (Å²) < 4.78 is 8.32. The first kappa shape index (κ1) is 12.3. The lowest BCUT2D eigenvalue weighted by atomic mass is 10.2. The summed E-state index contributed by atoms with van der Waals surface area (Å²) in [5.41, 5.74) is 1.83. The molecule has 0 atom stereocenters. The summed E-state index contributed by atoms with van der Waals surface area (Å²) in [7, 11) is 0. The summed E-state index contributed by atoms with van der Waals surface area (Å²) in [6.45, 7) is 0.268. The molecule has 19 heavy (non-hydrogen) atoms. The Labute approximate surface area is 117 Å². The second kappa shape index (κ2) is 4.75. The predicted octanol–water partition coefficient (Wildman–Crippen LogP) is 1.20. The van der Waals surface area contributed by atoms with Crippen molar-refractivity contribution in [1.29, 1.82) is 0 Å². The maximum Gasteiger partial charge on any atom is 0.246 e. The molecule has 2 aromatic rings. The summed E-state index contributed by atoms with van der Waals surface area (Å²) in [6.07, 6.45) is 0.246. The van der Waals surface area contributed by atoms with Crippen LogP contribution in [0.15, 0.2) is 12.1 Å². The Morgan fingerprint density at radius 3 is 3.00 bits per heavy atom. The number of hydrogen-bond acceptors (Lipinski definition) is 5. The molecule has 0 radical (unpaired) electrons. The molecule has 0 bridgehead atoms. The highest BCUT2D eigenvalue weighted by molar-refractivity contribution is 7.00. The van der Waals surface area contributed by atoms with E-state index in [0.29, 0.717) is 28.3 Å². The molecule has 1 aromatic heterocycles. The fourth-order valence-electron chi connectivity index (χ4n) is 2.00. The fourth-order valence-corrected chi connectivity index (χ4v) is 2.79. The first-order chi connectivity index (χ1) is 9.16. The molecule has 8 heteroatoms. The quantitative estimate of drug-likeness (QED) is 0.858. The largest absolute Gasteiger partial charge is 0.347 e. The van der Waals surface area contributed by atoms with E-state index in [1.165, 1.54) is 4.90 Å². The van der Waals surface area contributed by atoms with Crippen LogP contribution in [0.4, 0.5) is 5.69 Å². The molecule has 1 saturated heterocycles. The second-order valence-corrected chi connectivity index (χ2v) is 5.04. The van der Waals surface area contributed by atoms with Gasteiger partial charge >= 0.3 is 0 Å². The van der Waals surface area contributed by atoms with Gasteiger partial charge < -0.3 is 10.2 Å². The van der Waals surface area contributed by atoms with Crippen LogP contribution in [0, 0.1) is 0 Å². The molecule has 1 N–H and O–H groups in total. The Balaban J connectivity index is 2.12. The molecule has 1 aliphatic rings. The Morgan fingerprint density at radius 1 is 1.32 bits per heavy atom. The van der Waals surface area contributed by atoms with Crippen LogP contribution in [0.2, 0.25) is 5.02 Å². The molecular formula is C11H9ClN4O2S. The lowest BCUT2D eigenvalue weighted by Crippen LogP contribution is -2.35. The highest BCUT2D eigenvalue weighted by Crippen LogP contribution is 2.33. The minimum absolute atomic E-state index is 0.0247. The summed E-state index contributed by atoms with van der Waals surface area (Å²) in [6, 6.07) is 3.45. The van der Waals surface area contributed by atoms with Gasteiger partial charge in [0.15, 0.2) is 0 Å². The number of carbonyl (C=O) groups is 2. The van der Waals surface area contributed by atoms with E-state index in [1.807, 2.05) is 0 Å². The Morgan fingerprint density at radius 2 is 2.16 bits per heavy atom. The summed E-state index contributed by atoms with van der Waals surface area (Å²) in [5.74, 6) is -0.344. The molecule has 98 valence electrons. The molecule has 1 fully saturated rings. The van der Waals surface area contributed by atoms with Crippen LogP contribution >= 0.6 is 23.3 Å². The Kier molecular flexibility index (Phi) is 3.08.